The Morgan fingerprint density at radius 1 is 0.725 bits per heavy atom. The largest absolute Gasteiger partial charge is 0.398 e. The number of benzene rings is 4. The molecular formula is C33H31N5S2. The molecule has 0 aliphatic heterocycles. The third-order valence-corrected chi connectivity index (χ3v) is 8.57. The average molecular weight is 562 g/mol. The van der Waals surface area contributed by atoms with Gasteiger partial charge in [-0.1, -0.05) is 48.6 Å². The highest BCUT2D eigenvalue weighted by atomic mass is 32.2. The van der Waals surface area contributed by atoms with Gasteiger partial charge in [0.15, 0.2) is 0 Å². The zero-order valence-corrected chi connectivity index (χ0v) is 24.0. The third kappa shape index (κ3) is 7.64. The van der Waals surface area contributed by atoms with Crippen molar-refractivity contribution in [2.75, 3.05) is 41.0 Å². The van der Waals surface area contributed by atoms with E-state index in [0.717, 1.165) is 68.1 Å². The topological polar surface area (TPSA) is 103 Å². The smallest absolute Gasteiger partial charge is 0.0998 e. The van der Waals surface area contributed by atoms with Crippen LogP contribution in [0.2, 0.25) is 0 Å². The number of thioether (sulfide) groups is 2. The molecule has 7 heteroatoms. The van der Waals surface area contributed by atoms with Crippen LogP contribution in [-0.4, -0.2) is 24.6 Å². The van der Waals surface area contributed by atoms with Crippen LogP contribution in [0.3, 0.4) is 0 Å². The zero-order chi connectivity index (χ0) is 28.3. The molecule has 0 fully saturated rings. The van der Waals surface area contributed by atoms with Gasteiger partial charge in [0.25, 0.3) is 0 Å². The summed E-state index contributed by atoms with van der Waals surface area (Å²) < 4.78 is 0. The summed E-state index contributed by atoms with van der Waals surface area (Å²) in [7, 11) is 0. The predicted octanol–water partition coefficient (Wildman–Crippen LogP) is 7.46. The van der Waals surface area contributed by atoms with Crippen LogP contribution < -0.4 is 16.4 Å². The molecule has 4 rings (SSSR count). The molecule has 4 aromatic rings. The lowest BCUT2D eigenvalue weighted by atomic mass is 9.99. The van der Waals surface area contributed by atoms with Gasteiger partial charge in [-0.15, -0.1) is 23.5 Å². The van der Waals surface area contributed by atoms with E-state index >= 15 is 0 Å². The highest BCUT2D eigenvalue weighted by molar-refractivity contribution is 7.99. The minimum atomic E-state index is 0.559. The maximum Gasteiger partial charge on any atom is 0.0998 e. The first kappa shape index (κ1) is 28.7. The fourth-order valence-corrected chi connectivity index (χ4v) is 6.07. The second kappa shape index (κ2) is 14.2. The van der Waals surface area contributed by atoms with E-state index in [1.807, 2.05) is 55.5 Å². The normalized spacial score (nSPS) is 10.8. The molecule has 200 valence electrons. The highest BCUT2D eigenvalue weighted by Crippen LogP contribution is 2.28. The van der Waals surface area contributed by atoms with E-state index < -0.39 is 0 Å². The molecule has 5 nitrogen and oxygen atoms in total. The van der Waals surface area contributed by atoms with Gasteiger partial charge in [-0.3, -0.25) is 0 Å². The Kier molecular flexibility index (Phi) is 10.2. The minimum absolute atomic E-state index is 0.559. The molecule has 0 saturated heterocycles. The molecule has 4 N–H and O–H groups in total. The highest BCUT2D eigenvalue weighted by Gasteiger charge is 2.10. The van der Waals surface area contributed by atoms with Crippen LogP contribution in [0.25, 0.3) is 12.2 Å². The lowest BCUT2D eigenvalue weighted by Gasteiger charge is -2.25. The number of nitrogens with zero attached hydrogens (tertiary/aromatic N) is 3. The van der Waals surface area contributed by atoms with Crippen molar-refractivity contribution in [1.29, 1.82) is 10.5 Å². The second-order valence-corrected chi connectivity index (χ2v) is 11.4. The quantitative estimate of drug-likeness (QED) is 0.111. The van der Waals surface area contributed by atoms with Crippen molar-refractivity contribution in [3.05, 3.63) is 113 Å². The molecule has 0 aliphatic carbocycles. The van der Waals surface area contributed by atoms with E-state index in [9.17, 15) is 10.5 Å². The summed E-state index contributed by atoms with van der Waals surface area (Å²) in [6, 6.07) is 32.3. The van der Waals surface area contributed by atoms with Crippen LogP contribution in [0, 0.1) is 29.6 Å². The Labute approximate surface area is 245 Å². The second-order valence-electron chi connectivity index (χ2n) is 9.16. The third-order valence-electron chi connectivity index (χ3n) is 6.43. The van der Waals surface area contributed by atoms with Crippen molar-refractivity contribution in [2.24, 2.45) is 0 Å². The molecule has 0 aliphatic rings. The SMILES string of the molecule is Cc1cc(C#N)c(C=Cc2ccc(N(CCSc3ccccc3N)CCSc3ccccc3N)cc2)cc1C#N. The predicted molar refractivity (Wildman–Crippen MR) is 171 cm³/mol. The van der Waals surface area contributed by atoms with Crippen LogP contribution in [0.5, 0.6) is 0 Å². The number of para-hydroxylation sites is 2. The van der Waals surface area contributed by atoms with Crippen molar-refractivity contribution in [1.82, 2.24) is 0 Å². The maximum absolute atomic E-state index is 9.53. The lowest BCUT2D eigenvalue weighted by molar-refractivity contribution is 0.878. The first-order valence-electron chi connectivity index (χ1n) is 12.9. The number of hydrogen-bond donors (Lipinski definition) is 2. The van der Waals surface area contributed by atoms with Crippen molar-refractivity contribution in [3.63, 3.8) is 0 Å². The lowest BCUT2D eigenvalue weighted by Crippen LogP contribution is -2.28. The van der Waals surface area contributed by atoms with Gasteiger partial charge < -0.3 is 16.4 Å². The average Bonchev–Trinajstić information content (AvgIpc) is 2.97. The number of hydrogen-bond acceptors (Lipinski definition) is 7. The molecule has 4 aromatic carbocycles. The van der Waals surface area contributed by atoms with Crippen LogP contribution in [-0.2, 0) is 0 Å². The number of anilines is 3. The van der Waals surface area contributed by atoms with Crippen LogP contribution in [0.1, 0.15) is 27.8 Å². The first-order valence-corrected chi connectivity index (χ1v) is 14.9. The van der Waals surface area contributed by atoms with Crippen molar-refractivity contribution in [2.45, 2.75) is 16.7 Å². The summed E-state index contributed by atoms with van der Waals surface area (Å²) in [4.78, 5) is 4.59. The van der Waals surface area contributed by atoms with Gasteiger partial charge in [0.05, 0.1) is 23.3 Å². The molecule has 0 radical (unpaired) electrons. The number of nitriles is 2. The molecule has 0 heterocycles. The van der Waals surface area contributed by atoms with Gasteiger partial charge >= 0.3 is 0 Å². The Balaban J connectivity index is 1.47. The van der Waals surface area contributed by atoms with Crippen molar-refractivity contribution < 1.29 is 0 Å². The van der Waals surface area contributed by atoms with E-state index in [2.05, 4.69) is 53.4 Å². The van der Waals surface area contributed by atoms with Gasteiger partial charge in [0, 0.05) is 51.4 Å². The van der Waals surface area contributed by atoms with Crippen LogP contribution in [0.15, 0.2) is 94.7 Å². The molecule has 40 heavy (non-hydrogen) atoms. The van der Waals surface area contributed by atoms with Gasteiger partial charge in [-0.05, 0) is 72.1 Å². The summed E-state index contributed by atoms with van der Waals surface area (Å²) in [6.07, 6.45) is 3.87. The zero-order valence-electron chi connectivity index (χ0n) is 22.4. The van der Waals surface area contributed by atoms with Crippen molar-refractivity contribution >= 4 is 52.7 Å². The Hall–Kier alpha value is -4.30. The number of aryl methyl sites for hydroxylation is 1. The monoisotopic (exact) mass is 561 g/mol. The molecule has 0 amide bonds. The number of rotatable bonds is 11. The molecule has 0 atom stereocenters. The standard InChI is InChI=1S/C33H31N5S2/c1-24-20-28(23-35)26(21-27(24)22-34)13-10-25-11-14-29(15-12-25)38(16-18-39-32-8-4-2-6-30(32)36)17-19-40-33-9-5-3-7-31(33)37/h2-15,20-21H,16-19,36-37H2,1H3. The maximum atomic E-state index is 9.53. The summed E-state index contributed by atoms with van der Waals surface area (Å²) in [5.41, 5.74) is 18.7. The van der Waals surface area contributed by atoms with Gasteiger partial charge in [-0.25, -0.2) is 0 Å². The molecule has 0 unspecified atom stereocenters. The fraction of sp³-hybridized carbons (Fsp3) is 0.152. The van der Waals surface area contributed by atoms with Gasteiger partial charge in [-0.2, -0.15) is 10.5 Å². The first-order chi connectivity index (χ1) is 19.5. The Bertz CT molecular complexity index is 1510. The minimum Gasteiger partial charge on any atom is -0.398 e. The molecule has 0 spiro atoms. The summed E-state index contributed by atoms with van der Waals surface area (Å²) in [6.45, 7) is 3.58. The molecule has 0 aromatic heterocycles. The summed E-state index contributed by atoms with van der Waals surface area (Å²) in [5.74, 6) is 1.80. The summed E-state index contributed by atoms with van der Waals surface area (Å²) in [5, 5.41) is 18.9. The number of nitrogen functional groups attached to an aromatic ring is 2. The van der Waals surface area contributed by atoms with Gasteiger partial charge in [0.1, 0.15) is 0 Å². The van der Waals surface area contributed by atoms with Crippen LogP contribution in [0.4, 0.5) is 17.1 Å². The molecular weight excluding hydrogens is 531 g/mol. The van der Waals surface area contributed by atoms with E-state index in [1.165, 1.54) is 0 Å². The Morgan fingerprint density at radius 3 is 1.80 bits per heavy atom. The Morgan fingerprint density at radius 2 is 1.27 bits per heavy atom. The van der Waals surface area contributed by atoms with E-state index in [4.69, 9.17) is 11.5 Å². The van der Waals surface area contributed by atoms with E-state index in [-0.39, 0.29) is 0 Å². The van der Waals surface area contributed by atoms with E-state index in [1.54, 1.807) is 35.7 Å². The molecule has 0 saturated carbocycles. The van der Waals surface area contributed by atoms with Gasteiger partial charge in [0.2, 0.25) is 0 Å². The molecule has 0 bridgehead atoms. The van der Waals surface area contributed by atoms with Crippen LogP contribution >= 0.6 is 23.5 Å². The fourth-order valence-electron chi connectivity index (χ4n) is 4.19. The summed E-state index contributed by atoms with van der Waals surface area (Å²) >= 11 is 3.53. The number of nitrogens with two attached hydrogens (primary N) is 2. The van der Waals surface area contributed by atoms with Crippen molar-refractivity contribution in [3.8, 4) is 12.1 Å². The van der Waals surface area contributed by atoms with E-state index in [0.29, 0.717) is 11.1 Å².